The molecule has 0 spiro atoms. The van der Waals surface area contributed by atoms with Crippen LogP contribution in [0.15, 0.2) is 36.4 Å². The summed E-state index contributed by atoms with van der Waals surface area (Å²) >= 11 is 1.36. The number of carbonyl (C=O) groups is 2. The number of amides is 1. The second kappa shape index (κ2) is 6.93. The molecule has 1 aromatic carbocycles. The van der Waals surface area contributed by atoms with E-state index in [0.29, 0.717) is 23.6 Å². The van der Waals surface area contributed by atoms with Gasteiger partial charge in [-0.15, -0.1) is 11.3 Å². The maximum absolute atomic E-state index is 12.2. The summed E-state index contributed by atoms with van der Waals surface area (Å²) in [7, 11) is 1.33. The first-order valence-corrected chi connectivity index (χ1v) is 8.20. The standard InChI is InChI=1S/C17H17NO4S/c1-21-17(20)12-10-14(11-6-3-2-4-7-11)23-16(12)18-15(19)13-8-5-9-22-13/h2-4,6-7,10,13H,5,8-9H2,1H3,(H,18,19)/t13-/m0/s1. The van der Waals surface area contributed by atoms with Crippen molar-refractivity contribution in [3.05, 3.63) is 42.0 Å². The van der Waals surface area contributed by atoms with Crippen molar-refractivity contribution >= 4 is 28.2 Å². The number of ether oxygens (including phenoxy) is 2. The maximum Gasteiger partial charge on any atom is 0.340 e. The van der Waals surface area contributed by atoms with Gasteiger partial charge in [0, 0.05) is 11.5 Å². The molecule has 0 saturated carbocycles. The van der Waals surface area contributed by atoms with Crippen LogP contribution in [-0.2, 0) is 14.3 Å². The Balaban J connectivity index is 1.89. The van der Waals surface area contributed by atoms with Gasteiger partial charge in [0.1, 0.15) is 11.1 Å². The molecule has 0 bridgehead atoms. The van der Waals surface area contributed by atoms with E-state index < -0.39 is 12.1 Å². The average molecular weight is 331 g/mol. The number of esters is 1. The highest BCUT2D eigenvalue weighted by Gasteiger charge is 2.26. The Hall–Kier alpha value is -2.18. The Morgan fingerprint density at radius 2 is 2.09 bits per heavy atom. The lowest BCUT2D eigenvalue weighted by atomic mass is 10.1. The van der Waals surface area contributed by atoms with Crippen LogP contribution in [0.2, 0.25) is 0 Å². The summed E-state index contributed by atoms with van der Waals surface area (Å²) in [6, 6.07) is 11.4. The van der Waals surface area contributed by atoms with Crippen LogP contribution in [0, 0.1) is 0 Å². The molecule has 0 radical (unpaired) electrons. The van der Waals surface area contributed by atoms with Crippen LogP contribution >= 0.6 is 11.3 Å². The molecule has 5 nitrogen and oxygen atoms in total. The van der Waals surface area contributed by atoms with E-state index in [0.717, 1.165) is 16.9 Å². The third-order valence-electron chi connectivity index (χ3n) is 3.65. The van der Waals surface area contributed by atoms with E-state index in [1.54, 1.807) is 6.07 Å². The summed E-state index contributed by atoms with van der Waals surface area (Å²) in [6.45, 7) is 0.599. The first-order chi connectivity index (χ1) is 11.2. The summed E-state index contributed by atoms with van der Waals surface area (Å²) < 4.78 is 10.2. The number of hydrogen-bond acceptors (Lipinski definition) is 5. The largest absolute Gasteiger partial charge is 0.465 e. The molecule has 2 heterocycles. The van der Waals surface area contributed by atoms with Crippen LogP contribution in [0.25, 0.3) is 10.4 Å². The molecule has 0 aliphatic carbocycles. The number of hydrogen-bond donors (Lipinski definition) is 1. The van der Waals surface area contributed by atoms with Crippen molar-refractivity contribution in [2.24, 2.45) is 0 Å². The molecule has 0 unspecified atom stereocenters. The minimum Gasteiger partial charge on any atom is -0.465 e. The predicted molar refractivity (Wildman–Crippen MR) is 88.7 cm³/mol. The van der Waals surface area contributed by atoms with Gasteiger partial charge in [-0.3, -0.25) is 4.79 Å². The number of nitrogens with one attached hydrogen (secondary N) is 1. The summed E-state index contributed by atoms with van der Waals surface area (Å²) in [6.07, 6.45) is 1.14. The molecular formula is C17H17NO4S. The minimum absolute atomic E-state index is 0.214. The number of rotatable bonds is 4. The second-order valence-corrected chi connectivity index (χ2v) is 6.25. The van der Waals surface area contributed by atoms with Crippen LogP contribution in [-0.4, -0.2) is 31.7 Å². The molecule has 120 valence electrons. The van der Waals surface area contributed by atoms with Crippen molar-refractivity contribution in [2.75, 3.05) is 19.0 Å². The highest BCUT2D eigenvalue weighted by atomic mass is 32.1. The van der Waals surface area contributed by atoms with Crippen molar-refractivity contribution in [3.63, 3.8) is 0 Å². The molecule has 1 atom stereocenters. The maximum atomic E-state index is 12.2. The zero-order valence-corrected chi connectivity index (χ0v) is 13.5. The molecule has 1 saturated heterocycles. The molecule has 6 heteroatoms. The number of thiophene rings is 1. The molecule has 1 aliphatic heterocycles. The van der Waals surface area contributed by atoms with Gasteiger partial charge in [-0.1, -0.05) is 30.3 Å². The van der Waals surface area contributed by atoms with Crippen LogP contribution in [0.3, 0.4) is 0 Å². The highest BCUT2D eigenvalue weighted by Crippen LogP contribution is 2.36. The van der Waals surface area contributed by atoms with E-state index in [9.17, 15) is 9.59 Å². The van der Waals surface area contributed by atoms with Gasteiger partial charge in [0.2, 0.25) is 0 Å². The van der Waals surface area contributed by atoms with Gasteiger partial charge < -0.3 is 14.8 Å². The lowest BCUT2D eigenvalue weighted by Gasteiger charge is -2.09. The average Bonchev–Trinajstić information content (AvgIpc) is 3.25. The van der Waals surface area contributed by atoms with Crippen LogP contribution in [0.5, 0.6) is 0 Å². The summed E-state index contributed by atoms with van der Waals surface area (Å²) in [4.78, 5) is 25.1. The van der Waals surface area contributed by atoms with Crippen LogP contribution in [0.1, 0.15) is 23.2 Å². The zero-order valence-electron chi connectivity index (χ0n) is 12.7. The normalized spacial score (nSPS) is 17.0. The molecule has 1 aliphatic rings. The van der Waals surface area contributed by atoms with E-state index >= 15 is 0 Å². The van der Waals surface area contributed by atoms with Gasteiger partial charge in [-0.25, -0.2) is 4.79 Å². The van der Waals surface area contributed by atoms with Gasteiger partial charge in [0.05, 0.1) is 12.7 Å². The van der Waals surface area contributed by atoms with Crippen molar-refractivity contribution < 1.29 is 19.1 Å². The Labute approximate surface area is 138 Å². The van der Waals surface area contributed by atoms with Gasteiger partial charge >= 0.3 is 5.97 Å². The van der Waals surface area contributed by atoms with Crippen molar-refractivity contribution in [1.29, 1.82) is 0 Å². The number of carbonyl (C=O) groups excluding carboxylic acids is 2. The third-order valence-corrected chi connectivity index (χ3v) is 4.75. The van der Waals surface area contributed by atoms with Gasteiger partial charge in [-0.2, -0.15) is 0 Å². The van der Waals surface area contributed by atoms with E-state index in [2.05, 4.69) is 5.32 Å². The predicted octanol–water partition coefficient (Wildman–Crippen LogP) is 3.32. The Morgan fingerprint density at radius 1 is 1.30 bits per heavy atom. The number of methoxy groups -OCH3 is 1. The van der Waals surface area contributed by atoms with Crippen molar-refractivity contribution in [2.45, 2.75) is 18.9 Å². The summed E-state index contributed by atoms with van der Waals surface area (Å²) in [5.41, 5.74) is 1.35. The SMILES string of the molecule is COC(=O)c1cc(-c2ccccc2)sc1NC(=O)[C@@H]1CCCO1. The number of benzene rings is 1. The van der Waals surface area contributed by atoms with Gasteiger partial charge in [0.15, 0.2) is 0 Å². The fraction of sp³-hybridized carbons (Fsp3) is 0.294. The monoisotopic (exact) mass is 331 g/mol. The lowest BCUT2D eigenvalue weighted by molar-refractivity contribution is -0.124. The molecular weight excluding hydrogens is 314 g/mol. The van der Waals surface area contributed by atoms with Crippen molar-refractivity contribution in [3.8, 4) is 10.4 Å². The van der Waals surface area contributed by atoms with E-state index in [-0.39, 0.29) is 5.91 Å². The Kier molecular flexibility index (Phi) is 4.73. The number of anilines is 1. The second-order valence-electron chi connectivity index (χ2n) is 5.20. The third kappa shape index (κ3) is 3.43. The smallest absolute Gasteiger partial charge is 0.340 e. The van der Waals surface area contributed by atoms with E-state index in [1.165, 1.54) is 18.4 Å². The van der Waals surface area contributed by atoms with E-state index in [1.807, 2.05) is 30.3 Å². The van der Waals surface area contributed by atoms with Gasteiger partial charge in [-0.05, 0) is 24.5 Å². The molecule has 23 heavy (non-hydrogen) atoms. The van der Waals surface area contributed by atoms with Crippen LogP contribution < -0.4 is 5.32 Å². The van der Waals surface area contributed by atoms with E-state index in [4.69, 9.17) is 9.47 Å². The van der Waals surface area contributed by atoms with Crippen molar-refractivity contribution in [1.82, 2.24) is 0 Å². The molecule has 1 amide bonds. The minimum atomic E-state index is -0.467. The molecule has 1 fully saturated rings. The quantitative estimate of drug-likeness (QED) is 0.873. The molecule has 2 aromatic rings. The first kappa shape index (κ1) is 15.7. The topological polar surface area (TPSA) is 64.6 Å². The fourth-order valence-corrected chi connectivity index (χ4v) is 3.52. The summed E-state index contributed by atoms with van der Waals surface area (Å²) in [5.74, 6) is -0.680. The van der Waals surface area contributed by atoms with Crippen LogP contribution in [0.4, 0.5) is 5.00 Å². The fourth-order valence-electron chi connectivity index (χ4n) is 2.47. The molecule has 1 N–H and O–H groups in total. The highest BCUT2D eigenvalue weighted by molar-refractivity contribution is 7.20. The van der Waals surface area contributed by atoms with Gasteiger partial charge in [0.25, 0.3) is 5.91 Å². The zero-order chi connectivity index (χ0) is 16.2. The molecule has 1 aromatic heterocycles. The lowest BCUT2D eigenvalue weighted by Crippen LogP contribution is -2.27. The summed E-state index contributed by atoms with van der Waals surface area (Å²) in [5, 5.41) is 3.31. The Bertz CT molecular complexity index is 705. The first-order valence-electron chi connectivity index (χ1n) is 7.39. The Morgan fingerprint density at radius 3 is 2.74 bits per heavy atom. The molecule has 3 rings (SSSR count).